The van der Waals surface area contributed by atoms with Crippen molar-refractivity contribution in [3.8, 4) is 0 Å². The van der Waals surface area contributed by atoms with Crippen LogP contribution in [0, 0.1) is 8.99 Å². The highest BCUT2D eigenvalue weighted by Crippen LogP contribution is 2.54. The van der Waals surface area contributed by atoms with Gasteiger partial charge in [-0.15, -0.1) is 0 Å². The van der Waals surface area contributed by atoms with Crippen molar-refractivity contribution >= 4 is 50.9 Å². The van der Waals surface area contributed by atoms with Gasteiger partial charge in [-0.05, 0) is 96.9 Å². The van der Waals surface area contributed by atoms with Gasteiger partial charge in [-0.3, -0.25) is 4.79 Å². The van der Waals surface area contributed by atoms with Crippen LogP contribution < -0.4 is 10.2 Å². The topological polar surface area (TPSA) is 50.2 Å². The lowest BCUT2D eigenvalue weighted by atomic mass is 9.93. The fraction of sp³-hybridized carbons (Fsp3) is 0.462. The molecule has 1 N–H and O–H groups in total. The van der Waals surface area contributed by atoms with Crippen LogP contribution in [0.2, 0.25) is 0 Å². The normalized spacial score (nSPS) is 21.6. The molecule has 166 valence electrons. The molecular weight excluding hydrogens is 511 g/mol. The van der Waals surface area contributed by atoms with Gasteiger partial charge < -0.3 is 14.8 Å². The van der Waals surface area contributed by atoms with Crippen LogP contribution in [0.4, 0.5) is 11.4 Å². The SMILES string of the molecule is CC1CCCn2c1nc1c(NC(=O)c3ccc(I)cc3N3CCC4(CC3)CC4)cccc12. The smallest absolute Gasteiger partial charge is 0.257 e. The number of halogens is 1. The molecule has 1 aromatic heterocycles. The second-order valence-electron chi connectivity index (χ2n) is 9.94. The number of rotatable bonds is 3. The van der Waals surface area contributed by atoms with Gasteiger partial charge in [0.05, 0.1) is 22.5 Å². The largest absolute Gasteiger partial charge is 0.371 e. The number of aryl methyl sites for hydroxylation is 1. The summed E-state index contributed by atoms with van der Waals surface area (Å²) >= 11 is 2.35. The summed E-state index contributed by atoms with van der Waals surface area (Å²) in [4.78, 5) is 20.9. The molecule has 1 saturated heterocycles. The molecule has 1 aliphatic carbocycles. The Kier molecular flexibility index (Phi) is 4.97. The number of benzene rings is 2. The predicted molar refractivity (Wildman–Crippen MR) is 138 cm³/mol. The highest BCUT2D eigenvalue weighted by Gasteiger charge is 2.44. The Morgan fingerprint density at radius 3 is 2.72 bits per heavy atom. The number of para-hydroxylation sites is 1. The number of amides is 1. The number of carbonyl (C=O) groups excluding carboxylic acids is 1. The number of hydrogen-bond donors (Lipinski definition) is 1. The average molecular weight is 540 g/mol. The maximum Gasteiger partial charge on any atom is 0.257 e. The number of carbonyl (C=O) groups is 1. The van der Waals surface area contributed by atoms with E-state index in [0.717, 1.165) is 53.4 Å². The molecule has 6 rings (SSSR count). The third-order valence-electron chi connectivity index (χ3n) is 7.84. The van der Waals surface area contributed by atoms with Crippen LogP contribution in [0.5, 0.6) is 0 Å². The van der Waals surface area contributed by atoms with Gasteiger partial charge in [0.15, 0.2) is 0 Å². The number of hydrogen-bond acceptors (Lipinski definition) is 3. The summed E-state index contributed by atoms with van der Waals surface area (Å²) in [6.07, 6.45) is 7.62. The van der Waals surface area contributed by atoms with E-state index in [0.29, 0.717) is 11.3 Å². The molecule has 32 heavy (non-hydrogen) atoms. The van der Waals surface area contributed by atoms with Crippen LogP contribution in [-0.4, -0.2) is 28.5 Å². The molecule has 0 radical (unpaired) electrons. The number of fused-ring (bicyclic) bond motifs is 3. The van der Waals surface area contributed by atoms with Crippen LogP contribution in [0.25, 0.3) is 11.0 Å². The zero-order chi connectivity index (χ0) is 21.9. The Bertz CT molecular complexity index is 1200. The van der Waals surface area contributed by atoms with Gasteiger partial charge in [-0.25, -0.2) is 4.98 Å². The second kappa shape index (κ2) is 7.75. The first-order valence-electron chi connectivity index (χ1n) is 11.9. The summed E-state index contributed by atoms with van der Waals surface area (Å²) < 4.78 is 3.50. The van der Waals surface area contributed by atoms with Crippen molar-refractivity contribution in [3.63, 3.8) is 0 Å². The average Bonchev–Trinajstić information content (AvgIpc) is 3.43. The Morgan fingerprint density at radius 2 is 1.94 bits per heavy atom. The summed E-state index contributed by atoms with van der Waals surface area (Å²) in [7, 11) is 0. The van der Waals surface area contributed by atoms with Crippen LogP contribution in [0.3, 0.4) is 0 Å². The Labute approximate surface area is 202 Å². The lowest BCUT2D eigenvalue weighted by Gasteiger charge is -2.35. The fourth-order valence-corrected chi connectivity index (χ4v) is 6.08. The monoisotopic (exact) mass is 540 g/mol. The van der Waals surface area contributed by atoms with Crippen molar-refractivity contribution in [2.75, 3.05) is 23.3 Å². The lowest BCUT2D eigenvalue weighted by Crippen LogP contribution is -2.35. The van der Waals surface area contributed by atoms with Gasteiger partial charge in [0.2, 0.25) is 0 Å². The molecule has 2 aliphatic heterocycles. The number of aromatic nitrogens is 2. The van der Waals surface area contributed by atoms with E-state index in [1.54, 1.807) is 0 Å². The van der Waals surface area contributed by atoms with Gasteiger partial charge in [-0.1, -0.05) is 13.0 Å². The van der Waals surface area contributed by atoms with E-state index in [1.807, 2.05) is 24.3 Å². The van der Waals surface area contributed by atoms with Crippen molar-refractivity contribution in [2.45, 2.75) is 57.9 Å². The number of imidazole rings is 1. The first kappa shape index (κ1) is 20.5. The minimum atomic E-state index is -0.0466. The molecule has 1 spiro atoms. The summed E-state index contributed by atoms with van der Waals surface area (Å²) in [5.41, 5.74) is 5.28. The van der Waals surface area contributed by atoms with E-state index in [1.165, 1.54) is 42.1 Å². The molecule has 5 nitrogen and oxygen atoms in total. The van der Waals surface area contributed by atoms with E-state index in [-0.39, 0.29) is 5.91 Å². The molecule has 1 unspecified atom stereocenters. The predicted octanol–water partition coefficient (Wildman–Crippen LogP) is 6.17. The molecule has 3 aromatic rings. The first-order valence-corrected chi connectivity index (χ1v) is 13.0. The summed E-state index contributed by atoms with van der Waals surface area (Å²) in [5, 5.41) is 3.21. The Hall–Kier alpha value is -2.09. The number of piperidine rings is 1. The zero-order valence-corrected chi connectivity index (χ0v) is 20.7. The molecule has 1 amide bonds. The van der Waals surface area contributed by atoms with E-state index in [4.69, 9.17) is 4.98 Å². The Balaban J connectivity index is 1.32. The molecular formula is C26H29IN4O. The number of nitrogens with one attached hydrogen (secondary N) is 1. The van der Waals surface area contributed by atoms with Crippen LogP contribution >= 0.6 is 22.6 Å². The van der Waals surface area contributed by atoms with E-state index >= 15 is 0 Å². The van der Waals surface area contributed by atoms with Crippen molar-refractivity contribution in [1.82, 2.24) is 9.55 Å². The summed E-state index contributed by atoms with van der Waals surface area (Å²) in [6.45, 7) is 5.34. The Morgan fingerprint density at radius 1 is 1.12 bits per heavy atom. The molecule has 3 heterocycles. The second-order valence-corrected chi connectivity index (χ2v) is 11.2. The highest BCUT2D eigenvalue weighted by molar-refractivity contribution is 14.1. The van der Waals surface area contributed by atoms with Crippen molar-refractivity contribution < 1.29 is 4.79 Å². The molecule has 2 aromatic carbocycles. The number of anilines is 2. The lowest BCUT2D eigenvalue weighted by molar-refractivity contribution is 0.102. The molecule has 1 saturated carbocycles. The molecule has 0 bridgehead atoms. The van der Waals surface area contributed by atoms with Crippen LogP contribution in [-0.2, 0) is 6.54 Å². The third kappa shape index (κ3) is 3.51. The van der Waals surface area contributed by atoms with Gasteiger partial charge in [0.25, 0.3) is 5.91 Å². The highest BCUT2D eigenvalue weighted by atomic mass is 127. The molecule has 1 atom stereocenters. The van der Waals surface area contributed by atoms with E-state index in [9.17, 15) is 4.79 Å². The van der Waals surface area contributed by atoms with Crippen LogP contribution in [0.15, 0.2) is 36.4 Å². The van der Waals surface area contributed by atoms with E-state index < -0.39 is 0 Å². The maximum absolute atomic E-state index is 13.5. The number of nitrogens with zero attached hydrogens (tertiary/aromatic N) is 3. The summed E-state index contributed by atoms with van der Waals surface area (Å²) in [5.74, 6) is 1.55. The van der Waals surface area contributed by atoms with Gasteiger partial charge in [0, 0.05) is 29.1 Å². The standard InChI is InChI=1S/C26H29IN4O/c1-17-4-3-13-31-21-6-2-5-20(23(21)29-24(17)31)28-25(32)19-8-7-18(27)16-22(19)30-14-11-26(9-10-26)12-15-30/h2,5-8,16-17H,3-4,9-15H2,1H3,(H,28,32). The van der Waals surface area contributed by atoms with Crippen molar-refractivity contribution in [1.29, 1.82) is 0 Å². The van der Waals surface area contributed by atoms with E-state index in [2.05, 4.69) is 56.4 Å². The van der Waals surface area contributed by atoms with Crippen molar-refractivity contribution in [3.05, 3.63) is 51.4 Å². The molecule has 3 aliphatic rings. The van der Waals surface area contributed by atoms with Gasteiger partial charge >= 0.3 is 0 Å². The molecule has 2 fully saturated rings. The van der Waals surface area contributed by atoms with Crippen molar-refractivity contribution in [2.24, 2.45) is 5.41 Å². The minimum Gasteiger partial charge on any atom is -0.371 e. The fourth-order valence-electron chi connectivity index (χ4n) is 5.61. The van der Waals surface area contributed by atoms with Gasteiger partial charge in [-0.2, -0.15) is 0 Å². The third-order valence-corrected chi connectivity index (χ3v) is 8.51. The quantitative estimate of drug-likeness (QED) is 0.405. The summed E-state index contributed by atoms with van der Waals surface area (Å²) in [6, 6.07) is 12.3. The zero-order valence-electron chi connectivity index (χ0n) is 18.5. The maximum atomic E-state index is 13.5. The first-order chi connectivity index (χ1) is 15.5. The molecule has 6 heteroatoms. The van der Waals surface area contributed by atoms with Crippen LogP contribution in [0.1, 0.15) is 67.5 Å². The minimum absolute atomic E-state index is 0.0466. The van der Waals surface area contributed by atoms with Gasteiger partial charge in [0.1, 0.15) is 11.3 Å².